The molecular weight excluding hydrogens is 332 g/mol. The molecule has 1 aromatic heterocycles. The minimum absolute atomic E-state index is 0.631. The number of hydrogen-bond acceptors (Lipinski definition) is 6. The van der Waals surface area contributed by atoms with Gasteiger partial charge in [0.2, 0.25) is 5.13 Å². The highest BCUT2D eigenvalue weighted by molar-refractivity contribution is 7.21. The predicted molar refractivity (Wildman–Crippen MR) is 106 cm³/mol. The van der Waals surface area contributed by atoms with Crippen LogP contribution in [0.3, 0.4) is 0 Å². The Labute approximate surface area is 151 Å². The molecule has 0 aliphatic carbocycles. The van der Waals surface area contributed by atoms with E-state index in [4.69, 9.17) is 4.74 Å². The lowest BCUT2D eigenvalue weighted by Gasteiger charge is -2.17. The maximum atomic E-state index is 5.46. The second-order valence-corrected chi connectivity index (χ2v) is 6.84. The molecule has 128 valence electrons. The summed E-state index contributed by atoms with van der Waals surface area (Å²) in [5.74, 6) is 0.768. The summed E-state index contributed by atoms with van der Waals surface area (Å²) in [4.78, 5) is 6.52. The summed E-state index contributed by atoms with van der Waals surface area (Å²) < 4.78 is 6.53. The lowest BCUT2D eigenvalue weighted by molar-refractivity contribution is 0.415. The number of methoxy groups -OCH3 is 1. The maximum absolute atomic E-state index is 5.46. The lowest BCUT2D eigenvalue weighted by Crippen LogP contribution is -2.10. The minimum atomic E-state index is 0.631. The van der Waals surface area contributed by atoms with Gasteiger partial charge in [0.05, 0.1) is 28.7 Å². The molecule has 3 rings (SSSR count). The third-order valence-corrected chi connectivity index (χ3v) is 4.76. The van der Waals surface area contributed by atoms with Crippen LogP contribution >= 0.6 is 11.3 Å². The molecular formula is C19H20N4OS. The highest BCUT2D eigenvalue weighted by Crippen LogP contribution is 2.36. The molecule has 0 aliphatic rings. The van der Waals surface area contributed by atoms with Crippen molar-refractivity contribution in [3.05, 3.63) is 48.0 Å². The van der Waals surface area contributed by atoms with Crippen LogP contribution in [0.1, 0.15) is 11.1 Å². The van der Waals surface area contributed by atoms with Gasteiger partial charge in [-0.05, 0) is 36.2 Å². The second-order valence-electron chi connectivity index (χ2n) is 5.83. The van der Waals surface area contributed by atoms with Gasteiger partial charge in [0, 0.05) is 20.2 Å². The van der Waals surface area contributed by atoms with Crippen LogP contribution in [0, 0.1) is 6.92 Å². The number of aromatic nitrogens is 1. The fraction of sp³-hybridized carbons (Fsp3) is 0.211. The molecule has 0 saturated heterocycles. The number of ether oxygens (including phenoxy) is 1. The first-order valence-electron chi connectivity index (χ1n) is 7.82. The zero-order valence-electron chi connectivity index (χ0n) is 14.8. The lowest BCUT2D eigenvalue weighted by atomic mass is 10.1. The van der Waals surface area contributed by atoms with E-state index in [0.29, 0.717) is 5.13 Å². The third kappa shape index (κ3) is 3.53. The van der Waals surface area contributed by atoms with Crippen LogP contribution in [0.2, 0.25) is 0 Å². The zero-order chi connectivity index (χ0) is 18.0. The molecule has 0 spiro atoms. The number of hydrogen-bond donors (Lipinski definition) is 0. The van der Waals surface area contributed by atoms with Crippen molar-refractivity contribution in [1.29, 1.82) is 0 Å². The molecule has 0 atom stereocenters. The SMILES string of the molecule is C=Cc1ccc2nc(N=Nc3cc(OC)c(N(C)C)cc3C)sc2c1. The van der Waals surface area contributed by atoms with Gasteiger partial charge in [-0.25, -0.2) is 4.98 Å². The van der Waals surface area contributed by atoms with Crippen LogP contribution < -0.4 is 9.64 Å². The Bertz CT molecular complexity index is 959. The summed E-state index contributed by atoms with van der Waals surface area (Å²) in [5.41, 5.74) is 4.80. The van der Waals surface area contributed by atoms with Gasteiger partial charge in [0.15, 0.2) is 0 Å². The Morgan fingerprint density at radius 2 is 2.00 bits per heavy atom. The summed E-state index contributed by atoms with van der Waals surface area (Å²) in [6.45, 7) is 5.80. The molecule has 0 aliphatic heterocycles. The van der Waals surface area contributed by atoms with Crippen LogP contribution in [0.25, 0.3) is 16.3 Å². The number of nitrogens with zero attached hydrogens (tertiary/aromatic N) is 4. The minimum Gasteiger partial charge on any atom is -0.495 e. The summed E-state index contributed by atoms with van der Waals surface area (Å²) >= 11 is 1.51. The smallest absolute Gasteiger partial charge is 0.231 e. The normalized spacial score (nSPS) is 11.2. The fourth-order valence-electron chi connectivity index (χ4n) is 2.48. The van der Waals surface area contributed by atoms with E-state index in [1.807, 2.05) is 56.3 Å². The largest absolute Gasteiger partial charge is 0.495 e. The number of fused-ring (bicyclic) bond motifs is 1. The average Bonchev–Trinajstić information content (AvgIpc) is 3.02. The number of anilines is 1. The van der Waals surface area contributed by atoms with E-state index in [1.165, 1.54) is 11.3 Å². The quantitative estimate of drug-likeness (QED) is 0.550. The number of aryl methyl sites for hydroxylation is 1. The fourth-order valence-corrected chi connectivity index (χ4v) is 3.31. The molecule has 5 nitrogen and oxygen atoms in total. The maximum Gasteiger partial charge on any atom is 0.231 e. The van der Waals surface area contributed by atoms with Crippen molar-refractivity contribution in [2.75, 3.05) is 26.1 Å². The number of rotatable bonds is 5. The Balaban J connectivity index is 1.95. The van der Waals surface area contributed by atoms with Crippen molar-refractivity contribution in [1.82, 2.24) is 4.98 Å². The summed E-state index contributed by atoms with van der Waals surface area (Å²) in [7, 11) is 5.62. The molecule has 0 amide bonds. The standard InChI is InChI=1S/C19H20N4OS/c1-6-13-7-8-14-18(10-13)25-19(20-14)22-21-15-11-17(24-5)16(23(3)4)9-12(15)2/h6-11H,1H2,2-5H3. The molecule has 1 heterocycles. The monoisotopic (exact) mass is 352 g/mol. The first-order chi connectivity index (χ1) is 12.0. The molecule has 0 N–H and O–H groups in total. The van der Waals surface area contributed by atoms with E-state index in [-0.39, 0.29) is 0 Å². The highest BCUT2D eigenvalue weighted by atomic mass is 32.1. The molecule has 0 fully saturated rings. The van der Waals surface area contributed by atoms with Gasteiger partial charge in [-0.1, -0.05) is 30.1 Å². The molecule has 6 heteroatoms. The van der Waals surface area contributed by atoms with Crippen molar-refractivity contribution in [2.24, 2.45) is 10.2 Å². The van der Waals surface area contributed by atoms with Gasteiger partial charge in [-0.3, -0.25) is 0 Å². The first-order valence-corrected chi connectivity index (χ1v) is 8.64. The average molecular weight is 352 g/mol. The molecule has 0 saturated carbocycles. The zero-order valence-corrected chi connectivity index (χ0v) is 15.6. The van der Waals surface area contributed by atoms with E-state index in [2.05, 4.69) is 27.9 Å². The van der Waals surface area contributed by atoms with Gasteiger partial charge < -0.3 is 9.64 Å². The molecule has 0 unspecified atom stereocenters. The summed E-state index contributed by atoms with van der Waals surface area (Å²) in [6.07, 6.45) is 1.82. The van der Waals surface area contributed by atoms with Crippen LogP contribution in [0.4, 0.5) is 16.5 Å². The van der Waals surface area contributed by atoms with E-state index in [1.54, 1.807) is 7.11 Å². The summed E-state index contributed by atoms with van der Waals surface area (Å²) in [5, 5.41) is 9.33. The first kappa shape index (κ1) is 17.1. The van der Waals surface area contributed by atoms with E-state index in [9.17, 15) is 0 Å². The van der Waals surface area contributed by atoms with Crippen molar-refractivity contribution in [3.63, 3.8) is 0 Å². The van der Waals surface area contributed by atoms with Gasteiger partial charge in [-0.15, -0.1) is 10.2 Å². The molecule has 0 radical (unpaired) electrons. The van der Waals surface area contributed by atoms with E-state index < -0.39 is 0 Å². The van der Waals surface area contributed by atoms with Crippen molar-refractivity contribution in [3.8, 4) is 5.75 Å². The Morgan fingerprint density at radius 3 is 2.68 bits per heavy atom. The third-order valence-electron chi connectivity index (χ3n) is 3.86. The van der Waals surface area contributed by atoms with Crippen molar-refractivity contribution >= 4 is 44.1 Å². The molecule has 3 aromatic rings. The van der Waals surface area contributed by atoms with Crippen molar-refractivity contribution < 1.29 is 4.74 Å². The van der Waals surface area contributed by atoms with E-state index in [0.717, 1.165) is 38.5 Å². The molecule has 0 bridgehead atoms. The Morgan fingerprint density at radius 1 is 1.20 bits per heavy atom. The summed E-state index contributed by atoms with van der Waals surface area (Å²) in [6, 6.07) is 9.96. The second kappa shape index (κ2) is 7.03. The Kier molecular flexibility index (Phi) is 4.81. The van der Waals surface area contributed by atoms with Crippen LogP contribution in [0.5, 0.6) is 5.75 Å². The highest BCUT2D eigenvalue weighted by Gasteiger charge is 2.10. The van der Waals surface area contributed by atoms with Crippen molar-refractivity contribution in [2.45, 2.75) is 6.92 Å². The molecule has 2 aromatic carbocycles. The molecule has 25 heavy (non-hydrogen) atoms. The van der Waals surface area contributed by atoms with Gasteiger partial charge >= 0.3 is 0 Å². The van der Waals surface area contributed by atoms with Crippen LogP contribution in [-0.2, 0) is 0 Å². The predicted octanol–water partition coefficient (Wildman–Crippen LogP) is 5.74. The van der Waals surface area contributed by atoms with Crippen LogP contribution in [0.15, 0.2) is 47.1 Å². The van der Waals surface area contributed by atoms with Gasteiger partial charge in [0.25, 0.3) is 0 Å². The Hall–Kier alpha value is -2.73. The topological polar surface area (TPSA) is 50.1 Å². The van der Waals surface area contributed by atoms with Gasteiger partial charge in [-0.2, -0.15) is 0 Å². The van der Waals surface area contributed by atoms with Gasteiger partial charge in [0.1, 0.15) is 5.75 Å². The van der Waals surface area contributed by atoms with E-state index >= 15 is 0 Å². The number of thiazole rings is 1. The van der Waals surface area contributed by atoms with Crippen LogP contribution in [-0.4, -0.2) is 26.2 Å². The number of azo groups is 1. The number of benzene rings is 2.